The molecular weight excluding hydrogens is 383 g/mol. The van der Waals surface area contributed by atoms with Crippen LogP contribution in [0.25, 0.3) is 6.08 Å². The first kappa shape index (κ1) is 17.7. The van der Waals surface area contributed by atoms with E-state index in [-0.39, 0.29) is 11.7 Å². The van der Waals surface area contributed by atoms with Crippen LogP contribution in [-0.2, 0) is 4.79 Å². The third kappa shape index (κ3) is 4.92. The van der Waals surface area contributed by atoms with Gasteiger partial charge in [-0.1, -0.05) is 34.1 Å². The minimum absolute atomic E-state index is 0.0871. The molecule has 5 heteroatoms. The highest BCUT2D eigenvalue weighted by Crippen LogP contribution is 2.23. The monoisotopic (exact) mass is 402 g/mol. The molecule has 2 aromatic carbocycles. The summed E-state index contributed by atoms with van der Waals surface area (Å²) in [4.78, 5) is 14.2. The van der Waals surface area contributed by atoms with Gasteiger partial charge >= 0.3 is 0 Å². The molecule has 0 aromatic heterocycles. The van der Waals surface area contributed by atoms with Gasteiger partial charge in [0.15, 0.2) is 0 Å². The van der Waals surface area contributed by atoms with Gasteiger partial charge in [-0.05, 0) is 54.3 Å². The van der Waals surface area contributed by atoms with Crippen LogP contribution in [0.3, 0.4) is 0 Å². The second-order valence-corrected chi connectivity index (χ2v) is 7.03. The zero-order chi connectivity index (χ0) is 17.6. The Balaban J connectivity index is 1.47. The largest absolute Gasteiger partial charge is 0.371 e. The first-order valence-electron chi connectivity index (χ1n) is 8.33. The van der Waals surface area contributed by atoms with Gasteiger partial charge in [0.1, 0.15) is 5.82 Å². The maximum Gasteiger partial charge on any atom is 0.244 e. The zero-order valence-corrected chi connectivity index (χ0v) is 15.4. The van der Waals surface area contributed by atoms with E-state index < -0.39 is 0 Å². The van der Waals surface area contributed by atoms with Gasteiger partial charge in [-0.25, -0.2) is 4.39 Å². The molecule has 1 heterocycles. The molecule has 0 bridgehead atoms. The molecule has 2 aromatic rings. The number of hydrogen-bond donors (Lipinski definition) is 1. The van der Waals surface area contributed by atoms with E-state index in [9.17, 15) is 9.18 Å². The van der Waals surface area contributed by atoms with Crippen molar-refractivity contribution in [3.05, 3.63) is 70.5 Å². The topological polar surface area (TPSA) is 32.3 Å². The Morgan fingerprint density at radius 3 is 2.76 bits per heavy atom. The highest BCUT2D eigenvalue weighted by Gasteiger charge is 2.22. The number of anilines is 1. The summed E-state index contributed by atoms with van der Waals surface area (Å²) in [6.07, 6.45) is 4.39. The molecule has 1 atom stereocenters. The van der Waals surface area contributed by atoms with Gasteiger partial charge < -0.3 is 10.2 Å². The van der Waals surface area contributed by atoms with Crippen LogP contribution >= 0.6 is 15.9 Å². The highest BCUT2D eigenvalue weighted by molar-refractivity contribution is 9.10. The minimum atomic E-state index is -0.219. The van der Waals surface area contributed by atoms with E-state index in [4.69, 9.17) is 0 Å². The fourth-order valence-electron chi connectivity index (χ4n) is 2.97. The average molecular weight is 403 g/mol. The predicted molar refractivity (Wildman–Crippen MR) is 103 cm³/mol. The smallest absolute Gasteiger partial charge is 0.244 e. The molecule has 1 amide bonds. The van der Waals surface area contributed by atoms with E-state index in [2.05, 4.69) is 26.1 Å². The molecule has 1 fully saturated rings. The summed E-state index contributed by atoms with van der Waals surface area (Å²) in [7, 11) is 0. The van der Waals surface area contributed by atoms with E-state index in [1.807, 2.05) is 24.3 Å². The fraction of sp³-hybridized carbons (Fsp3) is 0.250. The van der Waals surface area contributed by atoms with Gasteiger partial charge in [0, 0.05) is 35.9 Å². The Kier molecular flexibility index (Phi) is 5.87. The molecule has 1 aliphatic heterocycles. The minimum Gasteiger partial charge on any atom is -0.371 e. The van der Waals surface area contributed by atoms with Gasteiger partial charge in [0.05, 0.1) is 0 Å². The fourth-order valence-corrected chi connectivity index (χ4v) is 3.38. The molecule has 1 saturated heterocycles. The lowest BCUT2D eigenvalue weighted by atomic mass is 10.1. The average Bonchev–Trinajstić information content (AvgIpc) is 3.09. The molecule has 3 rings (SSSR count). The molecule has 1 unspecified atom stereocenters. The number of nitrogens with zero attached hydrogens (tertiary/aromatic N) is 1. The Morgan fingerprint density at radius 1 is 1.24 bits per heavy atom. The molecule has 130 valence electrons. The number of carbonyl (C=O) groups is 1. The summed E-state index contributed by atoms with van der Waals surface area (Å²) >= 11 is 3.46. The predicted octanol–water partition coefficient (Wildman–Crippen LogP) is 4.24. The van der Waals surface area contributed by atoms with Crippen LogP contribution in [0.5, 0.6) is 0 Å². The number of amides is 1. The molecule has 0 radical (unpaired) electrons. The van der Waals surface area contributed by atoms with Crippen molar-refractivity contribution < 1.29 is 9.18 Å². The summed E-state index contributed by atoms with van der Waals surface area (Å²) in [5, 5.41) is 2.97. The number of rotatable bonds is 5. The van der Waals surface area contributed by atoms with Gasteiger partial charge in [0.2, 0.25) is 5.91 Å². The van der Waals surface area contributed by atoms with Gasteiger partial charge in [-0.2, -0.15) is 0 Å². The first-order chi connectivity index (χ1) is 12.1. The lowest BCUT2D eigenvalue weighted by Crippen LogP contribution is -2.29. The van der Waals surface area contributed by atoms with Gasteiger partial charge in [-0.3, -0.25) is 4.79 Å². The maximum absolute atomic E-state index is 13.0. The summed E-state index contributed by atoms with van der Waals surface area (Å²) in [5.74, 6) is 0.102. The summed E-state index contributed by atoms with van der Waals surface area (Å²) in [5.41, 5.74) is 2.00. The number of hydrogen-bond acceptors (Lipinski definition) is 2. The lowest BCUT2D eigenvalue weighted by Gasteiger charge is -2.18. The van der Waals surface area contributed by atoms with Crippen molar-refractivity contribution >= 4 is 33.6 Å². The third-order valence-corrected chi connectivity index (χ3v) is 5.08. The molecule has 0 aliphatic carbocycles. The standard InChI is InChI=1S/C20H20BrFN2O/c21-19-4-2-1-3-16(19)5-10-20(25)23-13-15-11-12-24(14-15)18-8-6-17(22)7-9-18/h1-10,15H,11-14H2,(H,23,25)/b10-5+. The molecular formula is C20H20BrFN2O. The van der Waals surface area contributed by atoms with Crippen molar-refractivity contribution in [2.45, 2.75) is 6.42 Å². The summed E-state index contributed by atoms with van der Waals surface area (Å²) in [6, 6.07) is 14.3. The lowest BCUT2D eigenvalue weighted by molar-refractivity contribution is -0.116. The Bertz CT molecular complexity index is 761. The zero-order valence-electron chi connectivity index (χ0n) is 13.8. The van der Waals surface area contributed by atoms with Crippen LogP contribution < -0.4 is 10.2 Å². The molecule has 1 aliphatic rings. The van der Waals surface area contributed by atoms with Gasteiger partial charge in [-0.15, -0.1) is 0 Å². The van der Waals surface area contributed by atoms with Crippen molar-refractivity contribution in [2.75, 3.05) is 24.5 Å². The SMILES string of the molecule is O=C(/C=C/c1ccccc1Br)NCC1CCN(c2ccc(F)cc2)C1. The van der Waals surface area contributed by atoms with Crippen molar-refractivity contribution in [1.82, 2.24) is 5.32 Å². The van der Waals surface area contributed by atoms with Crippen molar-refractivity contribution in [3.63, 3.8) is 0 Å². The van der Waals surface area contributed by atoms with E-state index >= 15 is 0 Å². The summed E-state index contributed by atoms with van der Waals surface area (Å²) in [6.45, 7) is 2.45. The molecule has 3 nitrogen and oxygen atoms in total. The van der Waals surface area contributed by atoms with Crippen molar-refractivity contribution in [3.8, 4) is 0 Å². The molecule has 0 spiro atoms. The first-order valence-corrected chi connectivity index (χ1v) is 9.12. The van der Waals surface area contributed by atoms with Crippen LogP contribution in [0.15, 0.2) is 59.1 Å². The second kappa shape index (κ2) is 8.30. The van der Waals surface area contributed by atoms with Crippen LogP contribution in [-0.4, -0.2) is 25.5 Å². The van der Waals surface area contributed by atoms with Crippen molar-refractivity contribution in [1.29, 1.82) is 0 Å². The van der Waals surface area contributed by atoms with E-state index in [0.717, 1.165) is 35.2 Å². The van der Waals surface area contributed by atoms with Crippen LogP contribution in [0.2, 0.25) is 0 Å². The quantitative estimate of drug-likeness (QED) is 0.758. The number of halogens is 2. The Morgan fingerprint density at radius 2 is 2.00 bits per heavy atom. The van der Waals surface area contributed by atoms with Crippen LogP contribution in [0.4, 0.5) is 10.1 Å². The second-order valence-electron chi connectivity index (χ2n) is 6.18. The maximum atomic E-state index is 13.0. The van der Waals surface area contributed by atoms with E-state index in [1.165, 1.54) is 12.1 Å². The molecule has 25 heavy (non-hydrogen) atoms. The Hall–Kier alpha value is -2.14. The molecule has 1 N–H and O–H groups in total. The van der Waals surface area contributed by atoms with E-state index in [1.54, 1.807) is 24.3 Å². The third-order valence-electron chi connectivity index (χ3n) is 4.36. The van der Waals surface area contributed by atoms with Crippen LogP contribution in [0.1, 0.15) is 12.0 Å². The van der Waals surface area contributed by atoms with E-state index in [0.29, 0.717) is 12.5 Å². The number of benzene rings is 2. The van der Waals surface area contributed by atoms with Gasteiger partial charge in [0.25, 0.3) is 0 Å². The number of carbonyl (C=O) groups excluding carboxylic acids is 1. The normalized spacial score (nSPS) is 17.2. The Labute approximate surface area is 155 Å². The highest BCUT2D eigenvalue weighted by atomic mass is 79.9. The number of nitrogens with one attached hydrogen (secondary N) is 1. The summed E-state index contributed by atoms with van der Waals surface area (Å²) < 4.78 is 14.0. The molecule has 0 saturated carbocycles. The van der Waals surface area contributed by atoms with Crippen LogP contribution in [0, 0.1) is 11.7 Å². The van der Waals surface area contributed by atoms with Crippen molar-refractivity contribution in [2.24, 2.45) is 5.92 Å².